The Morgan fingerprint density at radius 2 is 1.89 bits per heavy atom. The maximum Gasteiger partial charge on any atom is 0.261 e. The van der Waals surface area contributed by atoms with E-state index in [-0.39, 0.29) is 23.9 Å². The molecule has 4 rings (SSSR count). The van der Waals surface area contributed by atoms with Gasteiger partial charge in [-0.1, -0.05) is 0 Å². The number of hydrogen-bond donors (Lipinski definition) is 2. The van der Waals surface area contributed by atoms with Crippen LogP contribution in [0.25, 0.3) is 10.9 Å². The van der Waals surface area contributed by atoms with Crippen LogP contribution in [-0.4, -0.2) is 27.4 Å². The molecule has 7 nitrogen and oxygen atoms in total. The van der Waals surface area contributed by atoms with Crippen LogP contribution in [0.4, 0.5) is 10.1 Å². The Balaban J connectivity index is 1.44. The molecule has 0 spiro atoms. The highest BCUT2D eigenvalue weighted by molar-refractivity contribution is 5.96. The van der Waals surface area contributed by atoms with E-state index in [1.165, 1.54) is 18.5 Å². The Kier molecular flexibility index (Phi) is 4.60. The molecule has 142 valence electrons. The summed E-state index contributed by atoms with van der Waals surface area (Å²) in [7, 11) is 0. The van der Waals surface area contributed by atoms with Crippen molar-refractivity contribution in [2.45, 2.75) is 25.4 Å². The van der Waals surface area contributed by atoms with E-state index < -0.39 is 17.3 Å². The number of nitrogens with zero attached hydrogens (tertiary/aromatic N) is 2. The van der Waals surface area contributed by atoms with Crippen LogP contribution in [0.3, 0.4) is 0 Å². The molecule has 2 N–H and O–H groups in total. The Labute approximate surface area is 159 Å². The molecule has 1 saturated carbocycles. The first-order valence-electron chi connectivity index (χ1n) is 8.85. The summed E-state index contributed by atoms with van der Waals surface area (Å²) >= 11 is 0. The Morgan fingerprint density at radius 1 is 1.14 bits per heavy atom. The number of carbonyl (C=O) groups excluding carboxylic acids is 2. The lowest BCUT2D eigenvalue weighted by molar-refractivity contribution is -0.116. The van der Waals surface area contributed by atoms with E-state index >= 15 is 0 Å². The van der Waals surface area contributed by atoms with E-state index in [0.29, 0.717) is 16.8 Å². The standard InChI is InChI=1S/C20H17FN4O3/c21-13-3-8-17-16(9-13)20(28)25(11-22-17)10-18(26)23-14-4-1-12(2-5-14)19(27)24-15-6-7-15/h1-5,8-9,11,15H,6-7,10H2,(H,23,26)(H,24,27). The van der Waals surface area contributed by atoms with Crippen LogP contribution in [0, 0.1) is 5.82 Å². The fourth-order valence-electron chi connectivity index (χ4n) is 2.80. The van der Waals surface area contributed by atoms with Crippen molar-refractivity contribution in [3.8, 4) is 0 Å². The van der Waals surface area contributed by atoms with Crippen LogP contribution in [-0.2, 0) is 11.3 Å². The van der Waals surface area contributed by atoms with Crippen molar-refractivity contribution >= 4 is 28.4 Å². The Morgan fingerprint density at radius 3 is 2.61 bits per heavy atom. The molecule has 0 saturated heterocycles. The number of aromatic nitrogens is 2. The molecule has 28 heavy (non-hydrogen) atoms. The average molecular weight is 380 g/mol. The van der Waals surface area contributed by atoms with Gasteiger partial charge in [-0.2, -0.15) is 0 Å². The van der Waals surface area contributed by atoms with E-state index in [1.54, 1.807) is 24.3 Å². The van der Waals surface area contributed by atoms with Gasteiger partial charge in [0.1, 0.15) is 12.4 Å². The molecule has 0 aliphatic heterocycles. The molecular formula is C20H17FN4O3. The molecule has 1 aromatic heterocycles. The lowest BCUT2D eigenvalue weighted by atomic mass is 10.2. The van der Waals surface area contributed by atoms with Crippen molar-refractivity contribution in [2.75, 3.05) is 5.32 Å². The van der Waals surface area contributed by atoms with Crippen LogP contribution >= 0.6 is 0 Å². The molecule has 8 heteroatoms. The number of amides is 2. The first-order valence-corrected chi connectivity index (χ1v) is 8.85. The lowest BCUT2D eigenvalue weighted by Crippen LogP contribution is -2.28. The molecule has 1 aliphatic rings. The van der Waals surface area contributed by atoms with Crippen LogP contribution in [0.2, 0.25) is 0 Å². The summed E-state index contributed by atoms with van der Waals surface area (Å²) in [5, 5.41) is 5.67. The highest BCUT2D eigenvalue weighted by Crippen LogP contribution is 2.19. The molecule has 2 amide bonds. The number of fused-ring (bicyclic) bond motifs is 1. The van der Waals surface area contributed by atoms with Crippen molar-refractivity contribution in [1.29, 1.82) is 0 Å². The third-order valence-corrected chi connectivity index (χ3v) is 4.44. The molecular weight excluding hydrogens is 363 g/mol. The quantitative estimate of drug-likeness (QED) is 0.709. The SMILES string of the molecule is O=C(Cn1cnc2ccc(F)cc2c1=O)Nc1ccc(C(=O)NC2CC2)cc1. The molecule has 1 fully saturated rings. The summed E-state index contributed by atoms with van der Waals surface area (Å²) in [6.45, 7) is -0.262. The van der Waals surface area contributed by atoms with Crippen molar-refractivity contribution in [2.24, 2.45) is 0 Å². The predicted molar refractivity (Wildman–Crippen MR) is 102 cm³/mol. The van der Waals surface area contributed by atoms with Gasteiger partial charge in [0.05, 0.1) is 17.2 Å². The maximum absolute atomic E-state index is 13.4. The average Bonchev–Trinajstić information content (AvgIpc) is 3.49. The van der Waals surface area contributed by atoms with Crippen LogP contribution < -0.4 is 16.2 Å². The molecule has 1 heterocycles. The zero-order valence-electron chi connectivity index (χ0n) is 14.8. The van der Waals surface area contributed by atoms with Crippen molar-refractivity contribution < 1.29 is 14.0 Å². The van der Waals surface area contributed by atoms with Crippen LogP contribution in [0.5, 0.6) is 0 Å². The number of hydrogen-bond acceptors (Lipinski definition) is 4. The van der Waals surface area contributed by atoms with E-state index in [0.717, 1.165) is 23.5 Å². The molecule has 0 unspecified atom stereocenters. The predicted octanol–water partition coefficient (Wildman–Crippen LogP) is 2.07. The number of halogens is 1. The second kappa shape index (κ2) is 7.22. The van der Waals surface area contributed by atoms with Gasteiger partial charge in [-0.25, -0.2) is 9.37 Å². The molecule has 0 atom stereocenters. The van der Waals surface area contributed by atoms with Crippen molar-refractivity contribution in [3.05, 3.63) is 70.5 Å². The second-order valence-electron chi connectivity index (χ2n) is 6.71. The number of rotatable bonds is 5. The fraction of sp³-hybridized carbons (Fsp3) is 0.200. The summed E-state index contributed by atoms with van der Waals surface area (Å²) in [4.78, 5) is 40.7. The first-order chi connectivity index (χ1) is 13.5. The normalized spacial score (nSPS) is 13.3. The van der Waals surface area contributed by atoms with Gasteiger partial charge in [0, 0.05) is 17.3 Å². The summed E-state index contributed by atoms with van der Waals surface area (Å²) in [5.74, 6) is -1.12. The summed E-state index contributed by atoms with van der Waals surface area (Å²) in [5.41, 5.74) is 0.887. The fourth-order valence-corrected chi connectivity index (χ4v) is 2.80. The maximum atomic E-state index is 13.4. The van der Waals surface area contributed by atoms with Gasteiger partial charge in [-0.15, -0.1) is 0 Å². The molecule has 1 aliphatic carbocycles. The van der Waals surface area contributed by atoms with E-state index in [4.69, 9.17) is 0 Å². The summed E-state index contributed by atoms with van der Waals surface area (Å²) in [6.07, 6.45) is 3.28. The van der Waals surface area contributed by atoms with Gasteiger partial charge in [0.15, 0.2) is 0 Å². The first kappa shape index (κ1) is 17.8. The van der Waals surface area contributed by atoms with Gasteiger partial charge < -0.3 is 10.6 Å². The van der Waals surface area contributed by atoms with Gasteiger partial charge in [-0.05, 0) is 55.3 Å². The molecule has 0 radical (unpaired) electrons. The summed E-state index contributed by atoms with van der Waals surface area (Å²) < 4.78 is 14.5. The monoisotopic (exact) mass is 380 g/mol. The zero-order valence-corrected chi connectivity index (χ0v) is 14.8. The topological polar surface area (TPSA) is 93.1 Å². The Bertz CT molecular complexity index is 1120. The third kappa shape index (κ3) is 3.90. The van der Waals surface area contributed by atoms with E-state index in [1.807, 2.05) is 0 Å². The van der Waals surface area contributed by atoms with E-state index in [9.17, 15) is 18.8 Å². The zero-order chi connectivity index (χ0) is 19.7. The minimum Gasteiger partial charge on any atom is -0.349 e. The van der Waals surface area contributed by atoms with Gasteiger partial charge in [0.2, 0.25) is 5.91 Å². The van der Waals surface area contributed by atoms with Crippen molar-refractivity contribution in [1.82, 2.24) is 14.9 Å². The molecule has 2 aromatic carbocycles. The second-order valence-corrected chi connectivity index (χ2v) is 6.71. The van der Waals surface area contributed by atoms with E-state index in [2.05, 4.69) is 15.6 Å². The van der Waals surface area contributed by atoms with Gasteiger partial charge in [-0.3, -0.25) is 19.0 Å². The third-order valence-electron chi connectivity index (χ3n) is 4.44. The molecule has 3 aromatic rings. The highest BCUT2D eigenvalue weighted by Gasteiger charge is 2.23. The minimum absolute atomic E-state index is 0.112. The van der Waals surface area contributed by atoms with Crippen molar-refractivity contribution in [3.63, 3.8) is 0 Å². The minimum atomic E-state index is -0.542. The number of nitrogens with one attached hydrogen (secondary N) is 2. The number of benzene rings is 2. The lowest BCUT2D eigenvalue weighted by Gasteiger charge is -2.09. The van der Waals surface area contributed by atoms with Crippen LogP contribution in [0.1, 0.15) is 23.2 Å². The number of carbonyl (C=O) groups is 2. The highest BCUT2D eigenvalue weighted by atomic mass is 19.1. The smallest absolute Gasteiger partial charge is 0.261 e. The largest absolute Gasteiger partial charge is 0.349 e. The summed E-state index contributed by atoms with van der Waals surface area (Å²) in [6, 6.07) is 10.5. The van der Waals surface area contributed by atoms with Gasteiger partial charge >= 0.3 is 0 Å². The van der Waals surface area contributed by atoms with Gasteiger partial charge in [0.25, 0.3) is 11.5 Å². The Hall–Kier alpha value is -3.55. The van der Waals surface area contributed by atoms with Crippen LogP contribution in [0.15, 0.2) is 53.6 Å². The molecule has 0 bridgehead atoms. The number of anilines is 1.